The van der Waals surface area contributed by atoms with E-state index < -0.39 is 0 Å². The molecule has 1 fully saturated rings. The van der Waals surface area contributed by atoms with Gasteiger partial charge < -0.3 is 14.9 Å². The number of carbonyl (C=O) groups excluding carboxylic acids is 1. The summed E-state index contributed by atoms with van der Waals surface area (Å²) in [6.45, 7) is 3.32. The molecule has 4 heteroatoms. The summed E-state index contributed by atoms with van der Waals surface area (Å²) in [5.41, 5.74) is 0.560. The largest absolute Gasteiger partial charge is 0.508 e. The zero-order valence-corrected chi connectivity index (χ0v) is 9.39. The summed E-state index contributed by atoms with van der Waals surface area (Å²) in [6.07, 6.45) is 0. The second-order valence-corrected chi connectivity index (χ2v) is 4.15. The van der Waals surface area contributed by atoms with Gasteiger partial charge in [-0.1, -0.05) is 6.07 Å². The molecule has 0 aromatic heterocycles. The number of likely N-dealkylation sites (N-methyl/N-ethyl adjacent to an activating group) is 1. The molecule has 0 bridgehead atoms. The van der Waals surface area contributed by atoms with Gasteiger partial charge in [-0.25, -0.2) is 0 Å². The summed E-state index contributed by atoms with van der Waals surface area (Å²) in [7, 11) is 2.05. The van der Waals surface area contributed by atoms with E-state index in [0.717, 1.165) is 26.2 Å². The van der Waals surface area contributed by atoms with Crippen LogP contribution in [0.1, 0.15) is 10.4 Å². The highest BCUT2D eigenvalue weighted by molar-refractivity contribution is 5.94. The van der Waals surface area contributed by atoms with E-state index in [1.165, 1.54) is 6.07 Å². The van der Waals surface area contributed by atoms with Gasteiger partial charge in [-0.15, -0.1) is 0 Å². The molecule has 86 valence electrons. The molecule has 1 amide bonds. The molecule has 16 heavy (non-hydrogen) atoms. The van der Waals surface area contributed by atoms with Gasteiger partial charge in [-0.05, 0) is 25.2 Å². The van der Waals surface area contributed by atoms with Crippen molar-refractivity contribution in [2.24, 2.45) is 0 Å². The number of hydrogen-bond donors (Lipinski definition) is 1. The number of amides is 1. The smallest absolute Gasteiger partial charge is 0.254 e. The fraction of sp³-hybridized carbons (Fsp3) is 0.417. The molecular weight excluding hydrogens is 204 g/mol. The van der Waals surface area contributed by atoms with E-state index in [1.807, 2.05) is 4.90 Å². The van der Waals surface area contributed by atoms with Crippen molar-refractivity contribution in [1.82, 2.24) is 9.80 Å². The third-order valence-electron chi connectivity index (χ3n) is 2.88. The van der Waals surface area contributed by atoms with Crippen LogP contribution in [0.3, 0.4) is 0 Å². The zero-order valence-electron chi connectivity index (χ0n) is 9.39. The van der Waals surface area contributed by atoms with Gasteiger partial charge >= 0.3 is 0 Å². The maximum Gasteiger partial charge on any atom is 0.254 e. The first-order valence-electron chi connectivity index (χ1n) is 5.43. The first kappa shape index (κ1) is 11.0. The highest BCUT2D eigenvalue weighted by Gasteiger charge is 2.20. The van der Waals surface area contributed by atoms with Crippen LogP contribution < -0.4 is 0 Å². The number of nitrogens with zero attached hydrogens (tertiary/aromatic N) is 2. The molecule has 4 nitrogen and oxygen atoms in total. The fourth-order valence-corrected chi connectivity index (χ4v) is 1.83. The highest BCUT2D eigenvalue weighted by atomic mass is 16.3. The van der Waals surface area contributed by atoms with Gasteiger partial charge in [0.05, 0.1) is 0 Å². The minimum Gasteiger partial charge on any atom is -0.508 e. The SMILES string of the molecule is CN1CCN(C(=O)c2cccc(O)c2)CC1. The van der Waals surface area contributed by atoms with Gasteiger partial charge in [0.1, 0.15) is 5.75 Å². The van der Waals surface area contributed by atoms with Crippen molar-refractivity contribution in [1.29, 1.82) is 0 Å². The van der Waals surface area contributed by atoms with Gasteiger partial charge in [0, 0.05) is 31.7 Å². The molecule has 1 heterocycles. The average Bonchev–Trinajstić information content (AvgIpc) is 2.29. The minimum absolute atomic E-state index is 0.00370. The number of carbonyl (C=O) groups is 1. The molecule has 0 aliphatic carbocycles. The first-order valence-corrected chi connectivity index (χ1v) is 5.43. The number of aromatic hydroxyl groups is 1. The van der Waals surface area contributed by atoms with Crippen molar-refractivity contribution in [2.45, 2.75) is 0 Å². The lowest BCUT2D eigenvalue weighted by atomic mass is 10.1. The number of hydrogen-bond acceptors (Lipinski definition) is 3. The van der Waals surface area contributed by atoms with Crippen molar-refractivity contribution >= 4 is 5.91 Å². The second-order valence-electron chi connectivity index (χ2n) is 4.15. The van der Waals surface area contributed by atoms with Crippen LogP contribution in [-0.4, -0.2) is 54.0 Å². The molecule has 0 saturated carbocycles. The third kappa shape index (κ3) is 2.33. The molecule has 1 aliphatic heterocycles. The predicted octanol–water partition coefficient (Wildman–Crippen LogP) is 0.780. The summed E-state index contributed by atoms with van der Waals surface area (Å²) in [5.74, 6) is 0.143. The molecular formula is C12H16N2O2. The maximum atomic E-state index is 12.1. The lowest BCUT2D eigenvalue weighted by Gasteiger charge is -2.32. The standard InChI is InChI=1S/C12H16N2O2/c1-13-5-7-14(8-6-13)12(16)10-3-2-4-11(15)9-10/h2-4,9,15H,5-8H2,1H3. The van der Waals surface area contributed by atoms with E-state index in [9.17, 15) is 9.90 Å². The number of benzene rings is 1. The first-order chi connectivity index (χ1) is 7.66. The second kappa shape index (κ2) is 4.53. The fourth-order valence-electron chi connectivity index (χ4n) is 1.83. The summed E-state index contributed by atoms with van der Waals surface area (Å²) >= 11 is 0. The molecule has 0 unspecified atom stereocenters. The third-order valence-corrected chi connectivity index (χ3v) is 2.88. The van der Waals surface area contributed by atoms with Gasteiger partial charge in [-0.3, -0.25) is 4.79 Å². The average molecular weight is 220 g/mol. The van der Waals surface area contributed by atoms with Crippen LogP contribution in [0.4, 0.5) is 0 Å². The minimum atomic E-state index is 0.00370. The molecule has 0 atom stereocenters. The molecule has 2 rings (SSSR count). The molecule has 1 aromatic carbocycles. The Bertz CT molecular complexity index is 384. The Morgan fingerprint density at radius 2 is 1.94 bits per heavy atom. The Hall–Kier alpha value is -1.55. The summed E-state index contributed by atoms with van der Waals surface area (Å²) in [6, 6.07) is 6.51. The van der Waals surface area contributed by atoms with E-state index in [0.29, 0.717) is 5.56 Å². The molecule has 1 aliphatic rings. The van der Waals surface area contributed by atoms with Gasteiger partial charge in [0.2, 0.25) is 0 Å². The normalized spacial score (nSPS) is 17.4. The Balaban J connectivity index is 2.08. The van der Waals surface area contributed by atoms with Crippen molar-refractivity contribution in [2.75, 3.05) is 33.2 Å². The zero-order chi connectivity index (χ0) is 11.5. The van der Waals surface area contributed by atoms with Crippen molar-refractivity contribution in [3.8, 4) is 5.75 Å². The van der Waals surface area contributed by atoms with Crippen LogP contribution in [0, 0.1) is 0 Å². The highest BCUT2D eigenvalue weighted by Crippen LogP contribution is 2.14. The van der Waals surface area contributed by atoms with E-state index >= 15 is 0 Å². The van der Waals surface area contributed by atoms with Crippen LogP contribution in [0.25, 0.3) is 0 Å². The Labute approximate surface area is 95.1 Å². The predicted molar refractivity (Wildman–Crippen MR) is 61.5 cm³/mol. The summed E-state index contributed by atoms with van der Waals surface area (Å²) in [4.78, 5) is 16.1. The van der Waals surface area contributed by atoms with Crippen molar-refractivity contribution < 1.29 is 9.90 Å². The van der Waals surface area contributed by atoms with Crippen LogP contribution in [0.5, 0.6) is 5.75 Å². The lowest BCUT2D eigenvalue weighted by molar-refractivity contribution is 0.0663. The van der Waals surface area contributed by atoms with E-state index in [-0.39, 0.29) is 11.7 Å². The van der Waals surface area contributed by atoms with Gasteiger partial charge in [0.15, 0.2) is 0 Å². The van der Waals surface area contributed by atoms with Crippen LogP contribution >= 0.6 is 0 Å². The van der Waals surface area contributed by atoms with E-state index in [1.54, 1.807) is 18.2 Å². The Morgan fingerprint density at radius 3 is 2.56 bits per heavy atom. The van der Waals surface area contributed by atoms with Crippen molar-refractivity contribution in [3.05, 3.63) is 29.8 Å². The lowest BCUT2D eigenvalue weighted by Crippen LogP contribution is -2.47. The van der Waals surface area contributed by atoms with Gasteiger partial charge in [-0.2, -0.15) is 0 Å². The molecule has 0 spiro atoms. The summed E-state index contributed by atoms with van der Waals surface area (Å²) < 4.78 is 0. The van der Waals surface area contributed by atoms with E-state index in [2.05, 4.69) is 11.9 Å². The molecule has 0 radical (unpaired) electrons. The number of phenolic OH excluding ortho intramolecular Hbond substituents is 1. The van der Waals surface area contributed by atoms with E-state index in [4.69, 9.17) is 0 Å². The topological polar surface area (TPSA) is 43.8 Å². The molecule has 1 N–H and O–H groups in total. The summed E-state index contributed by atoms with van der Waals surface area (Å²) in [5, 5.41) is 9.32. The van der Waals surface area contributed by atoms with Crippen LogP contribution in [0.2, 0.25) is 0 Å². The van der Waals surface area contributed by atoms with Gasteiger partial charge in [0.25, 0.3) is 5.91 Å². The molecule has 1 aromatic rings. The Morgan fingerprint density at radius 1 is 1.25 bits per heavy atom. The number of phenols is 1. The number of piperazine rings is 1. The maximum absolute atomic E-state index is 12.1. The number of rotatable bonds is 1. The van der Waals surface area contributed by atoms with Crippen LogP contribution in [-0.2, 0) is 0 Å². The monoisotopic (exact) mass is 220 g/mol. The quantitative estimate of drug-likeness (QED) is 0.760. The van der Waals surface area contributed by atoms with Crippen molar-refractivity contribution in [3.63, 3.8) is 0 Å². The molecule has 1 saturated heterocycles. The Kier molecular flexibility index (Phi) is 3.10. The van der Waals surface area contributed by atoms with Crippen LogP contribution in [0.15, 0.2) is 24.3 Å².